The minimum Gasteiger partial charge on any atom is -0.353 e. The van der Waals surface area contributed by atoms with E-state index in [1.807, 2.05) is 0 Å². The number of nitrogens with zero attached hydrogens (tertiary/aromatic N) is 1. The van der Waals surface area contributed by atoms with E-state index in [-0.39, 0.29) is 23.7 Å². The van der Waals surface area contributed by atoms with Crippen LogP contribution in [0.15, 0.2) is 18.2 Å². The third kappa shape index (κ3) is 3.35. The number of rotatable bonds is 2. The predicted molar refractivity (Wildman–Crippen MR) is 73.9 cm³/mol. The van der Waals surface area contributed by atoms with Crippen molar-refractivity contribution in [1.29, 1.82) is 0 Å². The lowest BCUT2D eigenvalue weighted by atomic mass is 10.0. The minimum atomic E-state index is -0.300. The van der Waals surface area contributed by atoms with Crippen LogP contribution in [0.1, 0.15) is 35.7 Å². The molecule has 1 fully saturated rings. The smallest absolute Gasteiger partial charge is 0.253 e. The van der Waals surface area contributed by atoms with Gasteiger partial charge in [0.2, 0.25) is 5.91 Å². The first kappa shape index (κ1) is 14.5. The van der Waals surface area contributed by atoms with E-state index >= 15 is 0 Å². The molecule has 0 radical (unpaired) electrons. The second-order valence-corrected chi connectivity index (χ2v) is 5.23. The summed E-state index contributed by atoms with van der Waals surface area (Å²) < 4.78 is 13.2. The van der Waals surface area contributed by atoms with E-state index in [2.05, 4.69) is 5.32 Å². The summed E-state index contributed by atoms with van der Waals surface area (Å²) in [5.41, 5.74) is 0.992. The highest BCUT2D eigenvalue weighted by atomic mass is 19.1. The molecule has 0 bridgehead atoms. The molecule has 0 atom stereocenters. The number of aryl methyl sites for hydroxylation is 1. The van der Waals surface area contributed by atoms with Crippen molar-refractivity contribution in [2.45, 2.75) is 32.7 Å². The molecule has 2 rings (SSSR count). The van der Waals surface area contributed by atoms with Crippen LogP contribution in [0, 0.1) is 12.7 Å². The van der Waals surface area contributed by atoms with Gasteiger partial charge in [-0.1, -0.05) is 0 Å². The molecule has 1 N–H and O–H groups in total. The van der Waals surface area contributed by atoms with E-state index in [1.54, 1.807) is 17.9 Å². The van der Waals surface area contributed by atoms with Crippen molar-refractivity contribution in [3.05, 3.63) is 35.1 Å². The predicted octanol–water partition coefficient (Wildman–Crippen LogP) is 1.87. The van der Waals surface area contributed by atoms with E-state index in [0.29, 0.717) is 24.2 Å². The normalized spacial score (nSPS) is 16.1. The number of hydrogen-bond acceptors (Lipinski definition) is 2. The van der Waals surface area contributed by atoms with Crippen molar-refractivity contribution in [1.82, 2.24) is 10.2 Å². The summed E-state index contributed by atoms with van der Waals surface area (Å²) in [6, 6.07) is 4.57. The molecular weight excluding hydrogens is 259 g/mol. The summed E-state index contributed by atoms with van der Waals surface area (Å²) in [5.74, 6) is -0.413. The number of amides is 2. The number of likely N-dealkylation sites (tertiary alicyclic amines) is 1. The number of carbonyl (C=O) groups excluding carboxylic acids is 2. The molecule has 1 aliphatic heterocycles. The summed E-state index contributed by atoms with van der Waals surface area (Å²) in [5, 5.41) is 2.87. The van der Waals surface area contributed by atoms with Gasteiger partial charge < -0.3 is 10.2 Å². The first-order valence-corrected chi connectivity index (χ1v) is 6.80. The molecule has 108 valence electrons. The molecule has 0 saturated carbocycles. The zero-order chi connectivity index (χ0) is 14.7. The Bertz CT molecular complexity index is 523. The molecule has 20 heavy (non-hydrogen) atoms. The molecule has 2 amide bonds. The molecule has 4 nitrogen and oxygen atoms in total. The Balaban J connectivity index is 1.97. The molecule has 1 saturated heterocycles. The topological polar surface area (TPSA) is 49.4 Å². The summed E-state index contributed by atoms with van der Waals surface area (Å²) in [6.45, 7) is 4.37. The summed E-state index contributed by atoms with van der Waals surface area (Å²) >= 11 is 0. The van der Waals surface area contributed by atoms with Crippen molar-refractivity contribution in [3.8, 4) is 0 Å². The van der Waals surface area contributed by atoms with Gasteiger partial charge in [0.05, 0.1) is 0 Å². The van der Waals surface area contributed by atoms with Crippen LogP contribution in [0.25, 0.3) is 0 Å². The van der Waals surface area contributed by atoms with E-state index in [1.165, 1.54) is 19.1 Å². The van der Waals surface area contributed by atoms with Gasteiger partial charge in [-0.25, -0.2) is 4.39 Å². The summed E-state index contributed by atoms with van der Waals surface area (Å²) in [7, 11) is 0. The minimum absolute atomic E-state index is 0.0380. The Labute approximate surface area is 118 Å². The van der Waals surface area contributed by atoms with Crippen molar-refractivity contribution >= 4 is 11.8 Å². The molecular formula is C15H19FN2O2. The highest BCUT2D eigenvalue weighted by molar-refractivity contribution is 5.94. The third-order valence-corrected chi connectivity index (χ3v) is 3.59. The van der Waals surface area contributed by atoms with Crippen molar-refractivity contribution in [3.63, 3.8) is 0 Å². The molecule has 1 aliphatic rings. The van der Waals surface area contributed by atoms with Gasteiger partial charge in [-0.3, -0.25) is 9.59 Å². The number of halogens is 1. The van der Waals surface area contributed by atoms with Gasteiger partial charge in [-0.05, 0) is 43.5 Å². The molecule has 0 spiro atoms. The number of nitrogens with one attached hydrogen (secondary N) is 1. The van der Waals surface area contributed by atoms with E-state index < -0.39 is 0 Å². The van der Waals surface area contributed by atoms with Crippen LogP contribution in [0.5, 0.6) is 0 Å². The molecule has 1 aromatic carbocycles. The number of hydrogen-bond donors (Lipinski definition) is 1. The average molecular weight is 278 g/mol. The molecule has 0 aliphatic carbocycles. The molecule has 1 heterocycles. The highest BCUT2D eigenvalue weighted by Gasteiger charge is 2.24. The first-order chi connectivity index (χ1) is 9.47. The Hall–Kier alpha value is -1.91. The van der Waals surface area contributed by atoms with Gasteiger partial charge in [0.15, 0.2) is 0 Å². The zero-order valence-corrected chi connectivity index (χ0v) is 11.8. The lowest BCUT2D eigenvalue weighted by Crippen LogP contribution is -2.46. The van der Waals surface area contributed by atoms with Crippen LogP contribution in [-0.2, 0) is 4.79 Å². The van der Waals surface area contributed by atoms with Crippen LogP contribution in [0.4, 0.5) is 4.39 Å². The van der Waals surface area contributed by atoms with Gasteiger partial charge in [0.25, 0.3) is 5.91 Å². The monoisotopic (exact) mass is 278 g/mol. The SMILES string of the molecule is CC(=O)NC1CCN(C(=O)c2ccc(F)c(C)c2)CC1. The second kappa shape index (κ2) is 6.03. The molecule has 5 heteroatoms. The summed E-state index contributed by atoms with van der Waals surface area (Å²) in [4.78, 5) is 25.1. The fourth-order valence-electron chi connectivity index (χ4n) is 2.47. The van der Waals surface area contributed by atoms with Crippen molar-refractivity contribution < 1.29 is 14.0 Å². The van der Waals surface area contributed by atoms with Crippen LogP contribution in [-0.4, -0.2) is 35.8 Å². The maximum atomic E-state index is 13.2. The lowest BCUT2D eigenvalue weighted by molar-refractivity contribution is -0.119. The van der Waals surface area contributed by atoms with Gasteiger partial charge in [0, 0.05) is 31.6 Å². The van der Waals surface area contributed by atoms with Gasteiger partial charge in [0.1, 0.15) is 5.82 Å². The van der Waals surface area contributed by atoms with E-state index in [0.717, 1.165) is 12.8 Å². The van der Waals surface area contributed by atoms with Crippen LogP contribution < -0.4 is 5.32 Å². The number of benzene rings is 1. The van der Waals surface area contributed by atoms with E-state index in [4.69, 9.17) is 0 Å². The second-order valence-electron chi connectivity index (χ2n) is 5.23. The highest BCUT2D eigenvalue weighted by Crippen LogP contribution is 2.16. The largest absolute Gasteiger partial charge is 0.353 e. The van der Waals surface area contributed by atoms with Crippen LogP contribution in [0.2, 0.25) is 0 Å². The average Bonchev–Trinajstić information content (AvgIpc) is 2.41. The lowest BCUT2D eigenvalue weighted by Gasteiger charge is -2.32. The van der Waals surface area contributed by atoms with Crippen LogP contribution >= 0.6 is 0 Å². The Morgan fingerprint density at radius 2 is 1.95 bits per heavy atom. The standard InChI is InChI=1S/C15H19FN2O2/c1-10-9-12(3-4-14(10)16)15(20)18-7-5-13(6-8-18)17-11(2)19/h3-4,9,13H,5-8H2,1-2H3,(H,17,19). The number of carbonyl (C=O) groups is 2. The molecule has 0 unspecified atom stereocenters. The summed E-state index contributed by atoms with van der Waals surface area (Å²) in [6.07, 6.45) is 1.51. The quantitative estimate of drug-likeness (QED) is 0.898. The van der Waals surface area contributed by atoms with Crippen molar-refractivity contribution in [2.75, 3.05) is 13.1 Å². The third-order valence-electron chi connectivity index (χ3n) is 3.59. The van der Waals surface area contributed by atoms with Gasteiger partial charge in [-0.15, -0.1) is 0 Å². The van der Waals surface area contributed by atoms with Crippen molar-refractivity contribution in [2.24, 2.45) is 0 Å². The van der Waals surface area contributed by atoms with Gasteiger partial charge >= 0.3 is 0 Å². The first-order valence-electron chi connectivity index (χ1n) is 6.80. The van der Waals surface area contributed by atoms with Crippen LogP contribution in [0.3, 0.4) is 0 Å². The molecule has 0 aromatic heterocycles. The van der Waals surface area contributed by atoms with Gasteiger partial charge in [-0.2, -0.15) is 0 Å². The Kier molecular flexibility index (Phi) is 4.37. The molecule has 1 aromatic rings. The number of piperidine rings is 1. The maximum Gasteiger partial charge on any atom is 0.253 e. The zero-order valence-electron chi connectivity index (χ0n) is 11.8. The fourth-order valence-corrected chi connectivity index (χ4v) is 2.47. The van der Waals surface area contributed by atoms with E-state index in [9.17, 15) is 14.0 Å². The maximum absolute atomic E-state index is 13.2. The Morgan fingerprint density at radius 1 is 1.30 bits per heavy atom. The Morgan fingerprint density at radius 3 is 2.50 bits per heavy atom. The fraction of sp³-hybridized carbons (Fsp3) is 0.467.